The molecule has 1 aliphatic carbocycles. The van der Waals surface area contributed by atoms with Gasteiger partial charge in [-0.1, -0.05) is 62.4 Å². The minimum absolute atomic E-state index is 0.0594. The first-order valence-corrected chi connectivity index (χ1v) is 12.8. The molecule has 4 rings (SSSR count). The van der Waals surface area contributed by atoms with Crippen molar-refractivity contribution in [3.63, 3.8) is 0 Å². The summed E-state index contributed by atoms with van der Waals surface area (Å²) in [7, 11) is 0. The average molecular weight is 508 g/mol. The highest BCUT2D eigenvalue weighted by Crippen LogP contribution is 2.44. The van der Waals surface area contributed by atoms with Crippen molar-refractivity contribution < 1.29 is 24.2 Å². The number of ether oxygens (including phenoxy) is 1. The first-order chi connectivity index (χ1) is 17.3. The zero-order chi connectivity index (χ0) is 25.7. The second-order valence-electron chi connectivity index (χ2n) is 9.24. The molecule has 9 heteroatoms. The number of carbonyl (C=O) groups excluding carboxylic acids is 2. The lowest BCUT2D eigenvalue weighted by Gasteiger charge is -2.23. The van der Waals surface area contributed by atoms with Gasteiger partial charge in [0.1, 0.15) is 18.7 Å². The predicted molar refractivity (Wildman–Crippen MR) is 137 cm³/mol. The van der Waals surface area contributed by atoms with Gasteiger partial charge in [-0.2, -0.15) is 0 Å². The maximum Gasteiger partial charge on any atom is 0.407 e. The molecule has 3 aromatic rings. The topological polar surface area (TPSA) is 118 Å². The van der Waals surface area contributed by atoms with Gasteiger partial charge in [0.2, 0.25) is 5.91 Å². The van der Waals surface area contributed by atoms with Crippen molar-refractivity contribution in [3.8, 4) is 11.1 Å². The molecule has 0 radical (unpaired) electrons. The molecular weight excluding hydrogens is 478 g/mol. The standard InChI is InChI=1S/C27H29N3O5S/c1-16(2)11-23(25(31)29-24(26(32)33)12-17-14-36-15-28-17)30-27(34)35-13-22-20-9-5-3-7-18(20)19-8-4-6-10-21(19)22/h3-10,14-16,22-24H,11-13H2,1-2H3,(H,29,31)(H,30,34)(H,32,33)/t23-,24?/m0/s1. The predicted octanol–water partition coefficient (Wildman–Crippen LogP) is 4.21. The number of nitrogens with zero attached hydrogens (tertiary/aromatic N) is 1. The summed E-state index contributed by atoms with van der Waals surface area (Å²) in [4.78, 5) is 41.6. The Hall–Kier alpha value is -3.72. The van der Waals surface area contributed by atoms with Crippen molar-refractivity contribution >= 4 is 29.3 Å². The Morgan fingerprint density at radius 1 is 1.00 bits per heavy atom. The number of nitrogens with one attached hydrogen (secondary N) is 2. The van der Waals surface area contributed by atoms with Crippen LogP contribution in [0.3, 0.4) is 0 Å². The summed E-state index contributed by atoms with van der Waals surface area (Å²) in [6.07, 6.45) is -0.327. The van der Waals surface area contributed by atoms with Crippen LogP contribution in [0.2, 0.25) is 0 Å². The molecule has 8 nitrogen and oxygen atoms in total. The van der Waals surface area contributed by atoms with Gasteiger partial charge in [0.25, 0.3) is 0 Å². The molecule has 1 unspecified atom stereocenters. The van der Waals surface area contributed by atoms with Crippen LogP contribution in [-0.2, 0) is 20.7 Å². The third kappa shape index (κ3) is 5.91. The third-order valence-electron chi connectivity index (χ3n) is 6.17. The van der Waals surface area contributed by atoms with Crippen LogP contribution in [-0.4, -0.2) is 46.8 Å². The van der Waals surface area contributed by atoms with Gasteiger partial charge in [-0.25, -0.2) is 14.6 Å². The Bertz CT molecular complexity index is 1180. The smallest absolute Gasteiger partial charge is 0.407 e. The minimum atomic E-state index is -1.17. The fourth-order valence-electron chi connectivity index (χ4n) is 4.51. The highest BCUT2D eigenvalue weighted by atomic mass is 32.1. The number of thiazole rings is 1. The maximum absolute atomic E-state index is 13.0. The lowest BCUT2D eigenvalue weighted by molar-refractivity contribution is -0.142. The lowest BCUT2D eigenvalue weighted by Crippen LogP contribution is -2.52. The first-order valence-electron chi connectivity index (χ1n) is 11.8. The maximum atomic E-state index is 13.0. The fourth-order valence-corrected chi connectivity index (χ4v) is 5.08. The van der Waals surface area contributed by atoms with Crippen LogP contribution in [0.4, 0.5) is 4.79 Å². The molecule has 3 N–H and O–H groups in total. The van der Waals surface area contributed by atoms with E-state index in [1.165, 1.54) is 11.3 Å². The van der Waals surface area contributed by atoms with E-state index in [9.17, 15) is 19.5 Å². The largest absolute Gasteiger partial charge is 0.480 e. The molecule has 188 valence electrons. The van der Waals surface area contributed by atoms with E-state index >= 15 is 0 Å². The Morgan fingerprint density at radius 3 is 2.19 bits per heavy atom. The van der Waals surface area contributed by atoms with E-state index in [1.807, 2.05) is 50.2 Å². The molecule has 2 aromatic carbocycles. The van der Waals surface area contributed by atoms with Crippen LogP contribution in [0.5, 0.6) is 0 Å². The molecule has 0 bridgehead atoms. The van der Waals surface area contributed by atoms with Gasteiger partial charge in [0.05, 0.1) is 11.2 Å². The van der Waals surface area contributed by atoms with Crippen LogP contribution in [0, 0.1) is 5.92 Å². The van der Waals surface area contributed by atoms with Crippen molar-refractivity contribution in [3.05, 3.63) is 76.2 Å². The average Bonchev–Trinajstić information content (AvgIpc) is 3.47. The van der Waals surface area contributed by atoms with Crippen molar-refractivity contribution in [1.29, 1.82) is 0 Å². The molecule has 36 heavy (non-hydrogen) atoms. The molecule has 0 fully saturated rings. The fraction of sp³-hybridized carbons (Fsp3) is 0.333. The Balaban J connectivity index is 1.40. The lowest BCUT2D eigenvalue weighted by atomic mass is 9.98. The van der Waals surface area contributed by atoms with Gasteiger partial charge in [-0.15, -0.1) is 11.3 Å². The molecule has 0 spiro atoms. The van der Waals surface area contributed by atoms with Crippen LogP contribution >= 0.6 is 11.3 Å². The number of aliphatic carboxylic acids is 1. The number of carboxylic acids is 1. The number of carbonyl (C=O) groups is 3. The summed E-state index contributed by atoms with van der Waals surface area (Å²) >= 11 is 1.35. The molecule has 2 atom stereocenters. The second kappa shape index (κ2) is 11.3. The van der Waals surface area contributed by atoms with Crippen molar-refractivity contribution in [2.24, 2.45) is 5.92 Å². The molecule has 1 aliphatic rings. The Labute approximate surface area is 213 Å². The zero-order valence-electron chi connectivity index (χ0n) is 20.1. The van der Waals surface area contributed by atoms with E-state index < -0.39 is 30.1 Å². The molecule has 0 saturated heterocycles. The molecule has 0 saturated carbocycles. The van der Waals surface area contributed by atoms with Crippen LogP contribution < -0.4 is 10.6 Å². The van der Waals surface area contributed by atoms with Gasteiger partial charge in [0.15, 0.2) is 0 Å². The van der Waals surface area contributed by atoms with E-state index in [-0.39, 0.29) is 24.9 Å². The van der Waals surface area contributed by atoms with Gasteiger partial charge >= 0.3 is 12.1 Å². The number of hydrogen-bond acceptors (Lipinski definition) is 6. The monoisotopic (exact) mass is 507 g/mol. The number of carboxylic acid groups (broad SMARTS) is 1. The summed E-state index contributed by atoms with van der Waals surface area (Å²) in [5.41, 5.74) is 6.62. The number of hydrogen-bond donors (Lipinski definition) is 3. The van der Waals surface area contributed by atoms with Crippen LogP contribution in [0.25, 0.3) is 11.1 Å². The summed E-state index contributed by atoms with van der Waals surface area (Å²) in [5, 5.41) is 16.5. The van der Waals surface area contributed by atoms with Crippen LogP contribution in [0.1, 0.15) is 43.0 Å². The zero-order valence-corrected chi connectivity index (χ0v) is 21.0. The van der Waals surface area contributed by atoms with E-state index in [4.69, 9.17) is 4.74 Å². The summed E-state index contributed by atoms with van der Waals surface area (Å²) in [5.74, 6) is -1.76. The number of fused-ring (bicyclic) bond motifs is 3. The molecule has 1 heterocycles. The SMILES string of the molecule is CC(C)C[C@H](NC(=O)OCC1c2ccccc2-c2ccccc21)C(=O)NC(Cc1cscn1)C(=O)O. The highest BCUT2D eigenvalue weighted by molar-refractivity contribution is 7.07. The van der Waals surface area contributed by atoms with E-state index in [2.05, 4.69) is 27.8 Å². The third-order valence-corrected chi connectivity index (χ3v) is 6.81. The number of rotatable bonds is 10. The number of alkyl carbamates (subject to hydrolysis) is 1. The minimum Gasteiger partial charge on any atom is -0.480 e. The van der Waals surface area contributed by atoms with Crippen molar-refractivity contribution in [1.82, 2.24) is 15.6 Å². The van der Waals surface area contributed by atoms with Gasteiger partial charge in [0, 0.05) is 17.7 Å². The van der Waals surface area contributed by atoms with E-state index in [1.54, 1.807) is 10.9 Å². The van der Waals surface area contributed by atoms with Crippen molar-refractivity contribution in [2.75, 3.05) is 6.61 Å². The highest BCUT2D eigenvalue weighted by Gasteiger charge is 2.31. The molecular formula is C27H29N3O5S. The summed E-state index contributed by atoms with van der Waals surface area (Å²) in [6.45, 7) is 3.96. The molecule has 1 aromatic heterocycles. The van der Waals surface area contributed by atoms with Gasteiger partial charge < -0.3 is 20.5 Å². The van der Waals surface area contributed by atoms with E-state index in [0.29, 0.717) is 12.1 Å². The summed E-state index contributed by atoms with van der Waals surface area (Å²) in [6, 6.07) is 14.0. The van der Waals surface area contributed by atoms with Gasteiger partial charge in [-0.05, 0) is 34.6 Å². The quantitative estimate of drug-likeness (QED) is 0.378. The molecule has 0 aliphatic heterocycles. The number of benzene rings is 2. The summed E-state index contributed by atoms with van der Waals surface area (Å²) < 4.78 is 5.58. The number of amides is 2. The van der Waals surface area contributed by atoms with Crippen LogP contribution in [0.15, 0.2) is 59.4 Å². The Morgan fingerprint density at radius 2 is 1.64 bits per heavy atom. The van der Waals surface area contributed by atoms with Gasteiger partial charge in [-0.3, -0.25) is 4.79 Å². The number of aromatic nitrogens is 1. The first kappa shape index (κ1) is 25.4. The van der Waals surface area contributed by atoms with Crippen molar-refractivity contribution in [2.45, 2.75) is 44.7 Å². The normalized spacial score (nSPS) is 14.0. The Kier molecular flexibility index (Phi) is 8.00. The molecule has 2 amide bonds. The second-order valence-corrected chi connectivity index (χ2v) is 9.95. The van der Waals surface area contributed by atoms with E-state index in [0.717, 1.165) is 22.3 Å².